The molecule has 2 N–H and O–H groups in total. The molecule has 3 aromatic rings. The summed E-state index contributed by atoms with van der Waals surface area (Å²) in [6.45, 7) is 3.70. The molecule has 142 valence electrons. The normalized spacial score (nSPS) is 15.1. The van der Waals surface area contributed by atoms with Gasteiger partial charge in [-0.2, -0.15) is 0 Å². The number of carbonyl (C=O) groups excluding carboxylic acids is 1. The van der Waals surface area contributed by atoms with Gasteiger partial charge in [0.25, 0.3) is 0 Å². The van der Waals surface area contributed by atoms with Crippen molar-refractivity contribution in [1.29, 1.82) is 0 Å². The van der Waals surface area contributed by atoms with Gasteiger partial charge in [0.05, 0.1) is 11.0 Å². The second kappa shape index (κ2) is 6.72. The molecular formula is C20H17N3O4S. The molecule has 0 spiro atoms. The van der Waals surface area contributed by atoms with Crippen molar-refractivity contribution in [2.45, 2.75) is 19.8 Å². The molecule has 0 saturated heterocycles. The number of nitrogens with zero attached hydrogens (tertiary/aromatic N) is 2. The van der Waals surface area contributed by atoms with E-state index < -0.39 is 11.4 Å². The first-order valence-corrected chi connectivity index (χ1v) is 9.47. The number of aromatic carboxylic acids is 1. The van der Waals surface area contributed by atoms with Crippen LogP contribution in [0.5, 0.6) is 11.5 Å². The quantitative estimate of drug-likeness (QED) is 0.688. The average molecular weight is 395 g/mol. The van der Waals surface area contributed by atoms with Gasteiger partial charge in [0, 0.05) is 17.0 Å². The van der Waals surface area contributed by atoms with Crippen LogP contribution in [0.1, 0.15) is 41.3 Å². The number of para-hydroxylation sites is 1. The van der Waals surface area contributed by atoms with Crippen molar-refractivity contribution in [1.82, 2.24) is 10.2 Å². The first-order valence-electron chi connectivity index (χ1n) is 8.59. The minimum absolute atomic E-state index is 0.132. The Hall–Kier alpha value is -3.26. The Bertz CT molecular complexity index is 1060. The summed E-state index contributed by atoms with van der Waals surface area (Å²) in [4.78, 5) is 24.5. The topological polar surface area (TPSA) is 101 Å². The maximum Gasteiger partial charge on any atom is 0.335 e. The van der Waals surface area contributed by atoms with E-state index >= 15 is 0 Å². The van der Waals surface area contributed by atoms with E-state index in [-0.39, 0.29) is 17.4 Å². The van der Waals surface area contributed by atoms with Crippen LogP contribution in [0.4, 0.5) is 5.13 Å². The van der Waals surface area contributed by atoms with Gasteiger partial charge in [0.15, 0.2) is 0 Å². The van der Waals surface area contributed by atoms with Crippen molar-refractivity contribution >= 4 is 28.3 Å². The molecule has 1 atom stereocenters. The number of hydrogen-bond acceptors (Lipinski definition) is 6. The van der Waals surface area contributed by atoms with Gasteiger partial charge in [0.2, 0.25) is 11.0 Å². The molecule has 1 aliphatic rings. The van der Waals surface area contributed by atoms with E-state index in [9.17, 15) is 14.7 Å². The van der Waals surface area contributed by atoms with Crippen molar-refractivity contribution < 1.29 is 19.4 Å². The Morgan fingerprint density at radius 3 is 2.61 bits per heavy atom. The van der Waals surface area contributed by atoms with Crippen LogP contribution in [0.25, 0.3) is 0 Å². The molecule has 1 aliphatic heterocycles. The van der Waals surface area contributed by atoms with E-state index in [1.165, 1.54) is 23.5 Å². The van der Waals surface area contributed by atoms with Crippen LogP contribution in [0, 0.1) is 5.41 Å². The maximum atomic E-state index is 13.1. The molecule has 7 nitrogen and oxygen atoms in total. The summed E-state index contributed by atoms with van der Waals surface area (Å²) in [5, 5.41) is 20.2. The van der Waals surface area contributed by atoms with Crippen molar-refractivity contribution in [2.24, 2.45) is 5.41 Å². The fraction of sp³-hybridized carbons (Fsp3) is 0.200. The highest BCUT2D eigenvalue weighted by molar-refractivity contribution is 7.13. The molecule has 28 heavy (non-hydrogen) atoms. The minimum Gasteiger partial charge on any atom is -0.478 e. The molecule has 0 saturated carbocycles. The van der Waals surface area contributed by atoms with Gasteiger partial charge in [0.1, 0.15) is 17.0 Å². The van der Waals surface area contributed by atoms with Crippen molar-refractivity contribution in [3.8, 4) is 11.5 Å². The third-order valence-electron chi connectivity index (χ3n) is 4.91. The molecule has 1 aromatic heterocycles. The van der Waals surface area contributed by atoms with E-state index in [2.05, 4.69) is 15.5 Å². The molecule has 1 unspecified atom stereocenters. The number of amides is 1. The Kier molecular flexibility index (Phi) is 4.35. The van der Waals surface area contributed by atoms with E-state index in [0.717, 1.165) is 11.1 Å². The number of anilines is 1. The smallest absolute Gasteiger partial charge is 0.335 e. The Morgan fingerprint density at radius 1 is 1.14 bits per heavy atom. The lowest BCUT2D eigenvalue weighted by molar-refractivity contribution is -0.124. The molecule has 0 radical (unpaired) electrons. The zero-order valence-electron chi connectivity index (χ0n) is 15.2. The average Bonchev–Trinajstić information content (AvgIpc) is 3.18. The second-order valence-electron chi connectivity index (χ2n) is 7.05. The van der Waals surface area contributed by atoms with E-state index in [4.69, 9.17) is 4.74 Å². The SMILES string of the molecule is CC(C)(C(=O)Nc1nncs1)C1c2ccccc2Oc2cc(C(=O)O)ccc21. The molecule has 0 aliphatic carbocycles. The number of carboxylic acids is 1. The molecule has 8 heteroatoms. The number of ether oxygens (including phenoxy) is 1. The van der Waals surface area contributed by atoms with Crippen LogP contribution < -0.4 is 10.1 Å². The lowest BCUT2D eigenvalue weighted by atomic mass is 9.69. The largest absolute Gasteiger partial charge is 0.478 e. The van der Waals surface area contributed by atoms with Crippen LogP contribution >= 0.6 is 11.3 Å². The van der Waals surface area contributed by atoms with Crippen LogP contribution in [-0.4, -0.2) is 27.2 Å². The molecule has 0 fully saturated rings. The predicted octanol–water partition coefficient (Wildman–Crippen LogP) is 4.14. The highest BCUT2D eigenvalue weighted by Crippen LogP contribution is 2.52. The first-order chi connectivity index (χ1) is 13.4. The number of nitrogens with one attached hydrogen (secondary N) is 1. The molecule has 1 amide bonds. The molecule has 2 heterocycles. The molecular weight excluding hydrogens is 378 g/mol. The number of rotatable bonds is 4. The molecule has 2 aromatic carbocycles. The fourth-order valence-electron chi connectivity index (χ4n) is 3.49. The summed E-state index contributed by atoms with van der Waals surface area (Å²) in [7, 11) is 0. The standard InChI is InChI=1S/C20H17N3O4S/c1-20(2,18(26)22-19-23-21-10-28-19)16-12-5-3-4-6-14(12)27-15-9-11(17(24)25)7-8-13(15)16/h3-10,16H,1-2H3,(H,24,25)(H,22,23,26). The van der Waals surface area contributed by atoms with Crippen molar-refractivity contribution in [3.05, 3.63) is 64.7 Å². The molecule has 0 bridgehead atoms. The summed E-state index contributed by atoms with van der Waals surface area (Å²) in [5.41, 5.74) is 2.45. The lowest BCUT2D eigenvalue weighted by Gasteiger charge is -2.38. The van der Waals surface area contributed by atoms with Gasteiger partial charge in [-0.1, -0.05) is 49.4 Å². The van der Waals surface area contributed by atoms with E-state index in [0.29, 0.717) is 16.6 Å². The number of aromatic nitrogens is 2. The van der Waals surface area contributed by atoms with E-state index in [1.807, 2.05) is 38.1 Å². The summed E-state index contributed by atoms with van der Waals surface area (Å²) < 4.78 is 5.96. The van der Waals surface area contributed by atoms with Crippen LogP contribution in [0.2, 0.25) is 0 Å². The van der Waals surface area contributed by atoms with Gasteiger partial charge in [-0.05, 0) is 18.2 Å². The first kappa shape index (κ1) is 18.1. The fourth-order valence-corrected chi connectivity index (χ4v) is 3.93. The van der Waals surface area contributed by atoms with Gasteiger partial charge < -0.3 is 15.2 Å². The zero-order valence-corrected chi connectivity index (χ0v) is 16.0. The van der Waals surface area contributed by atoms with Crippen LogP contribution in [-0.2, 0) is 4.79 Å². The van der Waals surface area contributed by atoms with Crippen LogP contribution in [0.15, 0.2) is 48.0 Å². The monoisotopic (exact) mass is 395 g/mol. The number of carbonyl (C=O) groups is 2. The van der Waals surface area contributed by atoms with Crippen LogP contribution in [0.3, 0.4) is 0 Å². The third kappa shape index (κ3) is 3.01. The summed E-state index contributed by atoms with van der Waals surface area (Å²) in [6, 6.07) is 12.2. The van der Waals surface area contributed by atoms with Gasteiger partial charge >= 0.3 is 5.97 Å². The summed E-state index contributed by atoms with van der Waals surface area (Å²) >= 11 is 1.25. The Morgan fingerprint density at radius 2 is 1.89 bits per heavy atom. The minimum atomic E-state index is -1.03. The van der Waals surface area contributed by atoms with Gasteiger partial charge in [-0.3, -0.25) is 4.79 Å². The van der Waals surface area contributed by atoms with Gasteiger partial charge in [-0.25, -0.2) is 4.79 Å². The predicted molar refractivity (Wildman–Crippen MR) is 104 cm³/mol. The van der Waals surface area contributed by atoms with Crippen molar-refractivity contribution in [3.63, 3.8) is 0 Å². The Balaban J connectivity index is 1.81. The highest BCUT2D eigenvalue weighted by Gasteiger charge is 2.43. The lowest BCUT2D eigenvalue weighted by Crippen LogP contribution is -2.38. The second-order valence-corrected chi connectivity index (χ2v) is 7.88. The summed E-state index contributed by atoms with van der Waals surface area (Å²) in [5.74, 6) is -0.516. The van der Waals surface area contributed by atoms with Gasteiger partial charge in [-0.15, -0.1) is 10.2 Å². The van der Waals surface area contributed by atoms with E-state index in [1.54, 1.807) is 11.6 Å². The Labute approximate surface area is 165 Å². The third-order valence-corrected chi connectivity index (χ3v) is 5.52. The zero-order chi connectivity index (χ0) is 19.9. The summed E-state index contributed by atoms with van der Waals surface area (Å²) in [6.07, 6.45) is 0. The molecule has 4 rings (SSSR count). The number of fused-ring (bicyclic) bond motifs is 2. The number of hydrogen-bond donors (Lipinski definition) is 2. The number of carboxylic acid groups (broad SMARTS) is 1. The maximum absolute atomic E-state index is 13.1. The van der Waals surface area contributed by atoms with Crippen molar-refractivity contribution in [2.75, 3.05) is 5.32 Å². The highest BCUT2D eigenvalue weighted by atomic mass is 32.1. The number of benzene rings is 2.